The second-order valence-electron chi connectivity index (χ2n) is 5.24. The van der Waals surface area contributed by atoms with Gasteiger partial charge in [0, 0.05) is 30.8 Å². The summed E-state index contributed by atoms with van der Waals surface area (Å²) in [6.07, 6.45) is 1.56. The molecule has 0 aliphatic heterocycles. The van der Waals surface area contributed by atoms with Gasteiger partial charge in [-0.1, -0.05) is 0 Å². The summed E-state index contributed by atoms with van der Waals surface area (Å²) < 4.78 is 24.6. The van der Waals surface area contributed by atoms with Crippen LogP contribution in [0.3, 0.4) is 0 Å². The van der Waals surface area contributed by atoms with Gasteiger partial charge in [0.25, 0.3) is 5.91 Å². The molecule has 0 atom stereocenters. The third-order valence-electron chi connectivity index (χ3n) is 3.69. The van der Waals surface area contributed by atoms with Crippen LogP contribution in [-0.4, -0.2) is 25.0 Å². The number of pyridine rings is 1. The molecule has 3 rings (SSSR count). The van der Waals surface area contributed by atoms with Crippen LogP contribution in [0.5, 0.6) is 17.2 Å². The van der Waals surface area contributed by atoms with E-state index in [0.29, 0.717) is 28.0 Å². The number of nitrogens with one attached hydrogen (secondary N) is 1. The number of hydrogen-bond donors (Lipinski definition) is 2. The number of methoxy groups -OCH3 is 1. The summed E-state index contributed by atoms with van der Waals surface area (Å²) in [6, 6.07) is 9.10. The Morgan fingerprint density at radius 2 is 2.00 bits per heavy atom. The molecule has 0 saturated carbocycles. The molecule has 7 heteroatoms. The fraction of sp³-hybridized carbons (Fsp3) is 0.111. The molecule has 3 N–H and O–H groups in total. The molecule has 0 spiro atoms. The molecule has 1 aromatic heterocycles. The quantitative estimate of drug-likeness (QED) is 0.712. The van der Waals surface area contributed by atoms with Crippen molar-refractivity contribution in [2.75, 3.05) is 19.9 Å². The van der Waals surface area contributed by atoms with Gasteiger partial charge in [0.2, 0.25) is 0 Å². The van der Waals surface area contributed by atoms with Crippen LogP contribution in [0, 0.1) is 5.82 Å². The predicted octanol–water partition coefficient (Wildman–Crippen LogP) is 3.12. The highest BCUT2D eigenvalue weighted by molar-refractivity contribution is 6.02. The molecule has 0 aliphatic carbocycles. The number of carbonyl (C=O) groups is 1. The lowest BCUT2D eigenvalue weighted by atomic mass is 10.1. The standard InChI is InChI=1S/C18H16FN3O3/c1-21-18(23)12-8-11-15(9-17(12)24-2)22-6-5-16(11)25-10-3-4-14(20)13(19)7-10/h3-9H,20H2,1-2H3,(H,21,23). The summed E-state index contributed by atoms with van der Waals surface area (Å²) in [7, 11) is 3.01. The Labute approximate surface area is 143 Å². The number of rotatable bonds is 4. The molecule has 0 aliphatic rings. The van der Waals surface area contributed by atoms with Crippen molar-refractivity contribution in [2.45, 2.75) is 0 Å². The van der Waals surface area contributed by atoms with Crippen molar-refractivity contribution in [3.05, 3.63) is 54.0 Å². The molecule has 0 saturated heterocycles. The third kappa shape index (κ3) is 3.16. The van der Waals surface area contributed by atoms with Crippen molar-refractivity contribution >= 4 is 22.5 Å². The van der Waals surface area contributed by atoms with Crippen LogP contribution in [0.25, 0.3) is 10.9 Å². The van der Waals surface area contributed by atoms with E-state index in [1.54, 1.807) is 30.5 Å². The minimum atomic E-state index is -0.566. The van der Waals surface area contributed by atoms with E-state index >= 15 is 0 Å². The monoisotopic (exact) mass is 341 g/mol. The molecular formula is C18H16FN3O3. The molecule has 0 radical (unpaired) electrons. The SMILES string of the molecule is CNC(=O)c1cc2c(Oc3ccc(N)c(F)c3)ccnc2cc1OC. The molecule has 0 fully saturated rings. The van der Waals surface area contributed by atoms with Crippen LogP contribution in [0.2, 0.25) is 0 Å². The smallest absolute Gasteiger partial charge is 0.254 e. The highest BCUT2D eigenvalue weighted by Gasteiger charge is 2.15. The number of amides is 1. The molecule has 6 nitrogen and oxygen atoms in total. The number of nitrogen functional groups attached to an aromatic ring is 1. The van der Waals surface area contributed by atoms with Gasteiger partial charge in [0.05, 0.1) is 23.9 Å². The second-order valence-corrected chi connectivity index (χ2v) is 5.24. The zero-order valence-electron chi connectivity index (χ0n) is 13.7. The van der Waals surface area contributed by atoms with Gasteiger partial charge in [-0.3, -0.25) is 9.78 Å². The van der Waals surface area contributed by atoms with E-state index in [1.165, 1.54) is 26.3 Å². The predicted molar refractivity (Wildman–Crippen MR) is 92.6 cm³/mol. The Kier molecular flexibility index (Phi) is 4.38. The van der Waals surface area contributed by atoms with Gasteiger partial charge < -0.3 is 20.5 Å². The molecule has 1 heterocycles. The fourth-order valence-electron chi connectivity index (χ4n) is 2.42. The van der Waals surface area contributed by atoms with E-state index in [9.17, 15) is 9.18 Å². The van der Waals surface area contributed by atoms with Gasteiger partial charge >= 0.3 is 0 Å². The number of aromatic nitrogens is 1. The molecule has 25 heavy (non-hydrogen) atoms. The maximum atomic E-state index is 13.6. The first-order valence-corrected chi connectivity index (χ1v) is 7.45. The van der Waals surface area contributed by atoms with Crippen LogP contribution < -0.4 is 20.5 Å². The van der Waals surface area contributed by atoms with E-state index in [1.807, 2.05) is 0 Å². The summed E-state index contributed by atoms with van der Waals surface area (Å²) in [5.74, 6) is 0.254. The number of nitrogens with zero attached hydrogens (tertiary/aromatic N) is 1. The zero-order valence-corrected chi connectivity index (χ0v) is 13.7. The Balaban J connectivity index is 2.11. The van der Waals surface area contributed by atoms with E-state index in [2.05, 4.69) is 10.3 Å². The molecule has 3 aromatic rings. The molecule has 0 unspecified atom stereocenters. The van der Waals surface area contributed by atoms with E-state index in [-0.39, 0.29) is 17.3 Å². The Morgan fingerprint density at radius 1 is 1.20 bits per heavy atom. The summed E-state index contributed by atoms with van der Waals surface area (Å²) in [6.45, 7) is 0. The molecule has 1 amide bonds. The lowest BCUT2D eigenvalue weighted by molar-refractivity contribution is 0.0960. The third-order valence-corrected chi connectivity index (χ3v) is 3.69. The maximum Gasteiger partial charge on any atom is 0.254 e. The first-order valence-electron chi connectivity index (χ1n) is 7.45. The van der Waals surface area contributed by atoms with Crippen LogP contribution in [0.1, 0.15) is 10.4 Å². The normalized spacial score (nSPS) is 10.5. The zero-order chi connectivity index (χ0) is 18.0. The van der Waals surface area contributed by atoms with Crippen LogP contribution in [-0.2, 0) is 0 Å². The van der Waals surface area contributed by atoms with Gasteiger partial charge in [-0.25, -0.2) is 4.39 Å². The number of nitrogens with two attached hydrogens (primary N) is 1. The van der Waals surface area contributed by atoms with Crippen molar-refractivity contribution in [3.63, 3.8) is 0 Å². The largest absolute Gasteiger partial charge is 0.496 e. The summed E-state index contributed by atoms with van der Waals surface area (Å²) >= 11 is 0. The maximum absolute atomic E-state index is 13.6. The van der Waals surface area contributed by atoms with Gasteiger partial charge in [0.15, 0.2) is 0 Å². The minimum Gasteiger partial charge on any atom is -0.496 e. The van der Waals surface area contributed by atoms with E-state index in [4.69, 9.17) is 15.2 Å². The van der Waals surface area contributed by atoms with Crippen molar-refractivity contribution < 1.29 is 18.7 Å². The number of carbonyl (C=O) groups excluding carboxylic acids is 1. The van der Waals surface area contributed by atoms with Crippen LogP contribution in [0.4, 0.5) is 10.1 Å². The Bertz CT molecular complexity index is 960. The minimum absolute atomic E-state index is 0.0403. The number of halogens is 1. The van der Waals surface area contributed by atoms with Gasteiger partial charge in [-0.05, 0) is 24.3 Å². The van der Waals surface area contributed by atoms with Gasteiger partial charge in [-0.2, -0.15) is 0 Å². The van der Waals surface area contributed by atoms with E-state index < -0.39 is 5.82 Å². The average molecular weight is 341 g/mol. The van der Waals surface area contributed by atoms with Crippen molar-refractivity contribution in [3.8, 4) is 17.2 Å². The molecule has 0 bridgehead atoms. The first-order chi connectivity index (χ1) is 12.0. The Morgan fingerprint density at radius 3 is 2.68 bits per heavy atom. The highest BCUT2D eigenvalue weighted by Crippen LogP contribution is 2.33. The Hall–Kier alpha value is -3.35. The van der Waals surface area contributed by atoms with Crippen LogP contribution >= 0.6 is 0 Å². The number of anilines is 1. The summed E-state index contributed by atoms with van der Waals surface area (Å²) in [5, 5.41) is 3.16. The molecule has 128 valence electrons. The lowest BCUT2D eigenvalue weighted by Gasteiger charge is -2.12. The number of benzene rings is 2. The number of fused-ring (bicyclic) bond motifs is 1. The van der Waals surface area contributed by atoms with Gasteiger partial charge in [0.1, 0.15) is 23.1 Å². The average Bonchev–Trinajstić information content (AvgIpc) is 2.63. The lowest BCUT2D eigenvalue weighted by Crippen LogP contribution is -2.18. The van der Waals surface area contributed by atoms with E-state index in [0.717, 1.165) is 0 Å². The summed E-state index contributed by atoms with van der Waals surface area (Å²) in [4.78, 5) is 16.3. The molecular weight excluding hydrogens is 325 g/mol. The van der Waals surface area contributed by atoms with Crippen molar-refractivity contribution in [2.24, 2.45) is 0 Å². The number of hydrogen-bond acceptors (Lipinski definition) is 5. The number of ether oxygens (including phenoxy) is 2. The highest BCUT2D eigenvalue weighted by atomic mass is 19.1. The second kappa shape index (κ2) is 6.64. The van der Waals surface area contributed by atoms with Crippen LogP contribution in [0.15, 0.2) is 42.6 Å². The summed E-state index contributed by atoms with van der Waals surface area (Å²) in [5.41, 5.74) is 6.44. The van der Waals surface area contributed by atoms with Crippen molar-refractivity contribution in [1.29, 1.82) is 0 Å². The van der Waals surface area contributed by atoms with Gasteiger partial charge in [-0.15, -0.1) is 0 Å². The van der Waals surface area contributed by atoms with Crippen molar-refractivity contribution in [1.82, 2.24) is 10.3 Å². The topological polar surface area (TPSA) is 86.5 Å². The fourth-order valence-corrected chi connectivity index (χ4v) is 2.42. The first kappa shape index (κ1) is 16.5. The molecule has 2 aromatic carbocycles.